The molecule has 0 saturated carbocycles. The number of hydrogen-bond acceptors (Lipinski definition) is 5. The van der Waals surface area contributed by atoms with E-state index in [4.69, 9.17) is 14.7 Å². The normalized spacial score (nSPS) is 14.2. The summed E-state index contributed by atoms with van der Waals surface area (Å²) in [6, 6.07) is 30.4. The first-order valence-electron chi connectivity index (χ1n) is 16.3. The van der Waals surface area contributed by atoms with E-state index in [1.165, 1.54) is 6.08 Å². The van der Waals surface area contributed by atoms with Crippen molar-refractivity contribution in [2.75, 3.05) is 0 Å². The molecule has 2 N–H and O–H groups in total. The predicted octanol–water partition coefficient (Wildman–Crippen LogP) is 9.22. The molecule has 3 aliphatic rings. The van der Waals surface area contributed by atoms with Crippen molar-refractivity contribution < 1.29 is 14.3 Å². The molecule has 8 rings (SSSR count). The highest BCUT2D eigenvalue weighted by atomic mass is 16.5. The number of aromatic amines is 2. The molecule has 0 unspecified atom stereocenters. The average Bonchev–Trinajstić information content (AvgIpc) is 3.93. The number of nitrogens with one attached hydrogen (secondary N) is 2. The number of nitrogens with zero attached hydrogens (tertiary/aromatic N) is 2. The van der Waals surface area contributed by atoms with Crippen molar-refractivity contribution in [2.24, 2.45) is 0 Å². The number of fused-ring (bicyclic) bond motifs is 8. The first-order valence-corrected chi connectivity index (χ1v) is 16.3. The Morgan fingerprint density at radius 1 is 0.612 bits per heavy atom. The van der Waals surface area contributed by atoms with Crippen molar-refractivity contribution in [3.8, 4) is 22.3 Å². The zero-order valence-corrected chi connectivity index (χ0v) is 27.2. The Kier molecular flexibility index (Phi) is 7.37. The summed E-state index contributed by atoms with van der Waals surface area (Å²) < 4.78 is 6.13. The Labute approximate surface area is 283 Å². The number of hydrogen-bond donors (Lipinski definition) is 2. The van der Waals surface area contributed by atoms with Gasteiger partial charge < -0.3 is 14.7 Å². The van der Waals surface area contributed by atoms with Crippen molar-refractivity contribution in [1.29, 1.82) is 0 Å². The van der Waals surface area contributed by atoms with Crippen LogP contribution in [0.15, 0.2) is 108 Å². The van der Waals surface area contributed by atoms with Crippen LogP contribution in [0, 0.1) is 0 Å². The van der Waals surface area contributed by atoms with E-state index in [-0.39, 0.29) is 29.0 Å². The van der Waals surface area contributed by atoms with Gasteiger partial charge >= 0.3 is 0 Å². The third-order valence-electron chi connectivity index (χ3n) is 8.69. The molecule has 2 aliphatic heterocycles. The SMILES string of the molecule is CC1=CC(=O)C(c2c3nc(c(-c4ccccc4)c4ccc(cc5ccc([nH]5)c(-c5ccccc5)c5nc2C=C5)[nH]4)C=C3)=C(OC(C)C)C1=O. The summed E-state index contributed by atoms with van der Waals surface area (Å²) in [6.07, 6.45) is 8.70. The quantitative estimate of drug-likeness (QED) is 0.183. The average molecular weight is 641 g/mol. The van der Waals surface area contributed by atoms with Gasteiger partial charge in [-0.1, -0.05) is 60.7 Å². The van der Waals surface area contributed by atoms with Gasteiger partial charge in [0.05, 0.1) is 34.5 Å². The molecule has 5 heterocycles. The van der Waals surface area contributed by atoms with E-state index >= 15 is 0 Å². The van der Waals surface area contributed by atoms with E-state index in [2.05, 4.69) is 28.2 Å². The summed E-state index contributed by atoms with van der Waals surface area (Å²) in [6.45, 7) is 5.32. The summed E-state index contributed by atoms with van der Waals surface area (Å²) in [5.41, 5.74) is 10.7. The van der Waals surface area contributed by atoms with Gasteiger partial charge in [0.25, 0.3) is 0 Å². The molecule has 0 amide bonds. The molecule has 0 saturated heterocycles. The molecule has 0 spiro atoms. The minimum atomic E-state index is -0.345. The fraction of sp³-hybridized carbons (Fsp3) is 0.0952. The number of ketones is 2. The van der Waals surface area contributed by atoms with Crippen LogP contribution in [0.2, 0.25) is 0 Å². The van der Waals surface area contributed by atoms with E-state index in [0.717, 1.165) is 44.3 Å². The summed E-state index contributed by atoms with van der Waals surface area (Å²) in [4.78, 5) is 45.2. The first-order chi connectivity index (χ1) is 23.8. The van der Waals surface area contributed by atoms with E-state index in [9.17, 15) is 9.59 Å². The monoisotopic (exact) mass is 640 g/mol. The lowest BCUT2D eigenvalue weighted by atomic mass is 9.89. The Hall–Kier alpha value is -6.34. The van der Waals surface area contributed by atoms with E-state index in [1.807, 2.05) is 111 Å². The number of benzene rings is 2. The van der Waals surface area contributed by atoms with E-state index < -0.39 is 0 Å². The van der Waals surface area contributed by atoms with Gasteiger partial charge in [0.15, 0.2) is 11.5 Å². The molecule has 5 aromatic rings. The second kappa shape index (κ2) is 12.0. The Balaban J connectivity index is 1.56. The highest BCUT2D eigenvalue weighted by molar-refractivity contribution is 6.37. The molecular formula is C42H32N4O3. The maximum absolute atomic E-state index is 14.0. The fourth-order valence-corrected chi connectivity index (χ4v) is 6.54. The molecule has 1 aliphatic carbocycles. The molecule has 3 aromatic heterocycles. The standard InChI is InChI=1S/C42H32N4O3/c1-24(2)49-42-40(36(47)22-25(3)41(42)48)39-34-20-18-32(45-34)37(26-10-6-4-7-11-26)30-16-14-28(43-30)23-29-15-17-31(44-29)38(27-12-8-5-9-13-27)33-19-21-35(39)46-33/h4-24,43-44H,1-3H3. The molecule has 7 heteroatoms. The highest BCUT2D eigenvalue weighted by Gasteiger charge is 2.33. The second-order valence-electron chi connectivity index (χ2n) is 12.5. The number of carbonyl (C=O) groups is 2. The van der Waals surface area contributed by atoms with E-state index in [0.29, 0.717) is 33.9 Å². The van der Waals surface area contributed by atoms with Crippen LogP contribution in [-0.4, -0.2) is 37.6 Å². The highest BCUT2D eigenvalue weighted by Crippen LogP contribution is 2.38. The van der Waals surface area contributed by atoms with Gasteiger partial charge in [-0.15, -0.1) is 0 Å². The first kappa shape index (κ1) is 30.0. The Bertz CT molecular complexity index is 2340. The molecule has 7 nitrogen and oxygen atoms in total. The topological polar surface area (TPSA) is 101 Å². The van der Waals surface area contributed by atoms with Crippen molar-refractivity contribution in [3.05, 3.63) is 137 Å². The molecule has 238 valence electrons. The van der Waals surface area contributed by atoms with Gasteiger partial charge in [0.2, 0.25) is 5.78 Å². The maximum atomic E-state index is 14.0. The minimum Gasteiger partial charge on any atom is -0.486 e. The largest absolute Gasteiger partial charge is 0.486 e. The molecule has 49 heavy (non-hydrogen) atoms. The number of aromatic nitrogens is 4. The molecule has 0 atom stereocenters. The number of carbonyl (C=O) groups excluding carboxylic acids is 2. The van der Waals surface area contributed by atoms with Crippen LogP contribution in [0.25, 0.3) is 74.2 Å². The van der Waals surface area contributed by atoms with Crippen LogP contribution in [0.3, 0.4) is 0 Å². The van der Waals surface area contributed by atoms with Crippen LogP contribution < -0.4 is 0 Å². The third-order valence-corrected chi connectivity index (χ3v) is 8.69. The third kappa shape index (κ3) is 5.45. The van der Waals surface area contributed by atoms with Crippen molar-refractivity contribution >= 4 is 63.5 Å². The summed E-state index contributed by atoms with van der Waals surface area (Å²) >= 11 is 0. The molecule has 2 aromatic carbocycles. The number of ether oxygens (including phenoxy) is 1. The van der Waals surface area contributed by atoms with Gasteiger partial charge in [-0.05, 0) is 92.6 Å². The zero-order valence-electron chi connectivity index (χ0n) is 27.2. The zero-order chi connectivity index (χ0) is 33.6. The smallest absolute Gasteiger partial charge is 0.224 e. The molecule has 0 radical (unpaired) electrons. The minimum absolute atomic E-state index is 0.0107. The Morgan fingerprint density at radius 3 is 1.55 bits per heavy atom. The Morgan fingerprint density at radius 2 is 1.08 bits per heavy atom. The molecule has 0 fully saturated rings. The van der Waals surface area contributed by atoms with Crippen LogP contribution in [0.4, 0.5) is 0 Å². The second-order valence-corrected chi connectivity index (χ2v) is 12.5. The van der Waals surface area contributed by atoms with Gasteiger partial charge in [-0.25, -0.2) is 9.97 Å². The summed E-state index contributed by atoms with van der Waals surface area (Å²) in [5, 5.41) is 0. The number of rotatable bonds is 5. The van der Waals surface area contributed by atoms with Gasteiger partial charge in [0.1, 0.15) is 0 Å². The molecular weight excluding hydrogens is 608 g/mol. The van der Waals surface area contributed by atoms with Crippen LogP contribution in [0.1, 0.15) is 49.1 Å². The van der Waals surface area contributed by atoms with Crippen molar-refractivity contribution in [3.63, 3.8) is 0 Å². The fourth-order valence-electron chi connectivity index (χ4n) is 6.54. The van der Waals surface area contributed by atoms with Crippen molar-refractivity contribution in [1.82, 2.24) is 19.9 Å². The number of Topliss-reactive ketones (excluding diaryl/α,β-unsaturated/α-hetero) is 1. The lowest BCUT2D eigenvalue weighted by Gasteiger charge is -2.21. The predicted molar refractivity (Wildman–Crippen MR) is 197 cm³/mol. The summed E-state index contributed by atoms with van der Waals surface area (Å²) in [5.74, 6) is -0.649. The van der Waals surface area contributed by atoms with Crippen LogP contribution in [0.5, 0.6) is 0 Å². The number of H-pyrrole nitrogens is 2. The van der Waals surface area contributed by atoms with E-state index in [1.54, 1.807) is 6.92 Å². The maximum Gasteiger partial charge on any atom is 0.224 e. The summed E-state index contributed by atoms with van der Waals surface area (Å²) in [7, 11) is 0. The van der Waals surface area contributed by atoms with Gasteiger partial charge in [0, 0.05) is 44.3 Å². The lowest BCUT2D eigenvalue weighted by Crippen LogP contribution is -2.22. The lowest BCUT2D eigenvalue weighted by molar-refractivity contribution is -0.118. The van der Waals surface area contributed by atoms with Gasteiger partial charge in [-0.3, -0.25) is 9.59 Å². The van der Waals surface area contributed by atoms with Gasteiger partial charge in [-0.2, -0.15) is 0 Å². The van der Waals surface area contributed by atoms with Crippen LogP contribution >= 0.6 is 0 Å². The number of allylic oxidation sites excluding steroid dienone is 3. The van der Waals surface area contributed by atoms with Crippen LogP contribution in [-0.2, 0) is 14.3 Å². The van der Waals surface area contributed by atoms with Crippen molar-refractivity contribution in [2.45, 2.75) is 26.9 Å². The molecule has 8 bridgehead atoms.